The van der Waals surface area contributed by atoms with Gasteiger partial charge in [-0.3, -0.25) is 4.79 Å². The van der Waals surface area contributed by atoms with Crippen molar-refractivity contribution in [2.24, 2.45) is 4.99 Å². The molecule has 1 amide bonds. The lowest BCUT2D eigenvalue weighted by molar-refractivity contribution is -0.118. The molecule has 0 spiro atoms. The Balaban J connectivity index is 1.68. The fourth-order valence-corrected chi connectivity index (χ4v) is 4.95. The molecule has 1 N–H and O–H groups in total. The van der Waals surface area contributed by atoms with E-state index in [2.05, 4.69) is 34.0 Å². The Bertz CT molecular complexity index is 1180. The third-order valence-electron chi connectivity index (χ3n) is 5.83. The van der Waals surface area contributed by atoms with Crippen molar-refractivity contribution in [1.82, 2.24) is 9.47 Å². The Labute approximate surface area is 204 Å². The minimum Gasteiger partial charge on any atom is -0.494 e. The van der Waals surface area contributed by atoms with Gasteiger partial charge in [-0.1, -0.05) is 13.8 Å². The molecule has 0 saturated heterocycles. The Morgan fingerprint density at radius 3 is 2.68 bits per heavy atom. The van der Waals surface area contributed by atoms with Crippen LogP contribution in [0.3, 0.4) is 0 Å². The number of nitrogens with one attached hydrogen (secondary N) is 1. The molecule has 180 valence electrons. The van der Waals surface area contributed by atoms with Crippen molar-refractivity contribution in [3.05, 3.63) is 52.6 Å². The summed E-state index contributed by atoms with van der Waals surface area (Å²) >= 11 is 1.62. The number of hydrogen-bond acceptors (Lipinski definition) is 6. The second-order valence-electron chi connectivity index (χ2n) is 8.02. The van der Waals surface area contributed by atoms with Crippen LogP contribution in [0.25, 0.3) is 11.3 Å². The van der Waals surface area contributed by atoms with E-state index >= 15 is 0 Å². The van der Waals surface area contributed by atoms with E-state index in [4.69, 9.17) is 14.5 Å². The van der Waals surface area contributed by atoms with Gasteiger partial charge < -0.3 is 24.3 Å². The quantitative estimate of drug-likeness (QED) is 0.448. The van der Waals surface area contributed by atoms with Gasteiger partial charge in [0.15, 0.2) is 11.4 Å². The third kappa shape index (κ3) is 5.69. The van der Waals surface area contributed by atoms with E-state index in [0.717, 1.165) is 60.1 Å². The SMILES string of the molecule is CCOc1ccc(N=c2scc(-c3ccc4c(c3)NC(=O)CO4)n2CCCN(CC)CC)cc1. The number of hydrogen-bond donors (Lipinski definition) is 1. The van der Waals surface area contributed by atoms with Crippen LogP contribution in [0.15, 0.2) is 52.8 Å². The Hall–Kier alpha value is -3.10. The smallest absolute Gasteiger partial charge is 0.262 e. The van der Waals surface area contributed by atoms with Gasteiger partial charge in [0.1, 0.15) is 11.5 Å². The molecule has 1 aliphatic rings. The summed E-state index contributed by atoms with van der Waals surface area (Å²) < 4.78 is 13.4. The number of rotatable bonds is 10. The van der Waals surface area contributed by atoms with Gasteiger partial charge in [-0.15, -0.1) is 11.3 Å². The van der Waals surface area contributed by atoms with E-state index in [9.17, 15) is 4.79 Å². The summed E-state index contributed by atoms with van der Waals surface area (Å²) in [6.45, 7) is 11.1. The van der Waals surface area contributed by atoms with Gasteiger partial charge in [-0.25, -0.2) is 4.99 Å². The van der Waals surface area contributed by atoms with Gasteiger partial charge in [-0.2, -0.15) is 0 Å². The molecular formula is C26H32N4O3S. The summed E-state index contributed by atoms with van der Waals surface area (Å²) in [4.78, 5) is 20.1. The molecule has 0 unspecified atom stereocenters. The average molecular weight is 481 g/mol. The molecule has 34 heavy (non-hydrogen) atoms. The highest BCUT2D eigenvalue weighted by Gasteiger charge is 2.18. The minimum atomic E-state index is -0.131. The molecule has 7 nitrogen and oxygen atoms in total. The number of fused-ring (bicyclic) bond motifs is 1. The molecular weight excluding hydrogens is 448 g/mol. The normalized spacial score (nSPS) is 13.5. The van der Waals surface area contributed by atoms with E-state index in [0.29, 0.717) is 18.0 Å². The average Bonchev–Trinajstić information content (AvgIpc) is 3.25. The number of nitrogens with zero attached hydrogens (tertiary/aromatic N) is 3. The fraction of sp³-hybridized carbons (Fsp3) is 0.385. The lowest BCUT2D eigenvalue weighted by atomic mass is 10.1. The zero-order valence-corrected chi connectivity index (χ0v) is 20.9. The molecule has 0 saturated carbocycles. The Morgan fingerprint density at radius 2 is 1.94 bits per heavy atom. The van der Waals surface area contributed by atoms with Crippen molar-refractivity contribution < 1.29 is 14.3 Å². The van der Waals surface area contributed by atoms with Crippen molar-refractivity contribution in [2.45, 2.75) is 33.7 Å². The van der Waals surface area contributed by atoms with E-state index in [1.165, 1.54) is 0 Å². The van der Waals surface area contributed by atoms with Gasteiger partial charge in [0.05, 0.1) is 23.7 Å². The van der Waals surface area contributed by atoms with Crippen molar-refractivity contribution in [1.29, 1.82) is 0 Å². The topological polar surface area (TPSA) is 68.1 Å². The van der Waals surface area contributed by atoms with Crippen LogP contribution < -0.4 is 19.6 Å². The van der Waals surface area contributed by atoms with Crippen LogP contribution in [0.1, 0.15) is 27.2 Å². The number of amides is 1. The minimum absolute atomic E-state index is 0.0568. The first-order chi connectivity index (χ1) is 16.6. The van der Waals surface area contributed by atoms with E-state index < -0.39 is 0 Å². The highest BCUT2D eigenvalue weighted by atomic mass is 32.1. The standard InChI is InChI=1S/C26H32N4O3S/c1-4-29(5-2)14-7-15-30-23(19-8-13-24-22(16-19)28-25(31)17-33-24)18-34-26(30)27-20-9-11-21(12-10-20)32-6-3/h8-13,16,18H,4-7,14-15,17H2,1-3H3,(H,28,31). The molecule has 8 heteroatoms. The summed E-state index contributed by atoms with van der Waals surface area (Å²) in [7, 11) is 0. The molecule has 2 heterocycles. The lowest BCUT2D eigenvalue weighted by Gasteiger charge is -2.20. The summed E-state index contributed by atoms with van der Waals surface area (Å²) in [5.41, 5.74) is 3.70. The van der Waals surface area contributed by atoms with Crippen molar-refractivity contribution in [2.75, 3.05) is 38.2 Å². The maximum Gasteiger partial charge on any atom is 0.262 e. The summed E-state index contributed by atoms with van der Waals surface area (Å²) in [6.07, 6.45) is 1.02. The van der Waals surface area contributed by atoms with Crippen LogP contribution in [-0.4, -0.2) is 48.2 Å². The van der Waals surface area contributed by atoms with Gasteiger partial charge in [0.25, 0.3) is 5.91 Å². The van der Waals surface area contributed by atoms with Crippen LogP contribution in [0.5, 0.6) is 11.5 Å². The number of thiazole rings is 1. The predicted molar refractivity (Wildman–Crippen MR) is 137 cm³/mol. The van der Waals surface area contributed by atoms with Crippen LogP contribution in [0.2, 0.25) is 0 Å². The van der Waals surface area contributed by atoms with E-state index in [1.54, 1.807) is 11.3 Å². The van der Waals surface area contributed by atoms with Crippen LogP contribution in [0.4, 0.5) is 11.4 Å². The summed E-state index contributed by atoms with van der Waals surface area (Å²) in [6, 6.07) is 13.8. The molecule has 2 aromatic carbocycles. The molecule has 0 bridgehead atoms. The monoisotopic (exact) mass is 480 g/mol. The van der Waals surface area contributed by atoms with Gasteiger partial charge >= 0.3 is 0 Å². The number of anilines is 1. The fourth-order valence-electron chi connectivity index (χ4n) is 3.99. The molecule has 1 aromatic heterocycles. The highest BCUT2D eigenvalue weighted by molar-refractivity contribution is 7.07. The van der Waals surface area contributed by atoms with Crippen LogP contribution >= 0.6 is 11.3 Å². The number of aromatic nitrogens is 1. The summed E-state index contributed by atoms with van der Waals surface area (Å²) in [5, 5.41) is 5.05. The predicted octanol–water partition coefficient (Wildman–Crippen LogP) is 4.91. The molecule has 3 aromatic rings. The Kier molecular flexibility index (Phi) is 8.03. The first kappa shape index (κ1) is 24.0. The van der Waals surface area contributed by atoms with Crippen molar-refractivity contribution in [3.8, 4) is 22.8 Å². The molecule has 0 aliphatic carbocycles. The zero-order valence-electron chi connectivity index (χ0n) is 20.0. The first-order valence-electron chi connectivity index (χ1n) is 11.9. The maximum atomic E-state index is 11.8. The molecule has 1 aliphatic heterocycles. The van der Waals surface area contributed by atoms with Crippen LogP contribution in [0, 0.1) is 0 Å². The zero-order chi connectivity index (χ0) is 23.9. The van der Waals surface area contributed by atoms with E-state index in [-0.39, 0.29) is 12.5 Å². The Morgan fingerprint density at radius 1 is 1.15 bits per heavy atom. The molecule has 0 atom stereocenters. The van der Waals surface area contributed by atoms with Gasteiger partial charge in [-0.05, 0) is 75.4 Å². The number of benzene rings is 2. The summed E-state index contributed by atoms with van der Waals surface area (Å²) in [5.74, 6) is 1.41. The number of carbonyl (C=O) groups is 1. The largest absolute Gasteiger partial charge is 0.494 e. The molecule has 4 rings (SSSR count). The second-order valence-corrected chi connectivity index (χ2v) is 8.86. The van der Waals surface area contributed by atoms with E-state index in [1.807, 2.05) is 49.4 Å². The number of ether oxygens (including phenoxy) is 2. The lowest BCUT2D eigenvalue weighted by Crippen LogP contribution is -2.26. The van der Waals surface area contributed by atoms with Crippen molar-refractivity contribution >= 4 is 28.6 Å². The highest BCUT2D eigenvalue weighted by Crippen LogP contribution is 2.33. The van der Waals surface area contributed by atoms with Gasteiger partial charge in [0.2, 0.25) is 0 Å². The van der Waals surface area contributed by atoms with Crippen LogP contribution in [-0.2, 0) is 11.3 Å². The van der Waals surface area contributed by atoms with Crippen molar-refractivity contribution in [3.63, 3.8) is 0 Å². The number of carbonyl (C=O) groups excluding carboxylic acids is 1. The molecule has 0 radical (unpaired) electrons. The maximum absolute atomic E-state index is 11.8. The van der Waals surface area contributed by atoms with Gasteiger partial charge in [0, 0.05) is 17.5 Å². The second kappa shape index (κ2) is 11.4. The third-order valence-corrected chi connectivity index (χ3v) is 6.69. The first-order valence-corrected chi connectivity index (χ1v) is 12.7. The molecule has 0 fully saturated rings.